The molecule has 1 aliphatic rings. The number of rotatable bonds is 8. The molecule has 5 nitrogen and oxygen atoms in total. The van der Waals surface area contributed by atoms with Gasteiger partial charge in [-0.25, -0.2) is 9.38 Å². The van der Waals surface area contributed by atoms with E-state index in [-0.39, 0.29) is 41.6 Å². The van der Waals surface area contributed by atoms with Gasteiger partial charge in [0.1, 0.15) is 6.10 Å². The molecule has 1 aliphatic heterocycles. The van der Waals surface area contributed by atoms with Crippen LogP contribution in [-0.4, -0.2) is 56.4 Å². The van der Waals surface area contributed by atoms with E-state index in [1.165, 1.54) is 6.07 Å². The lowest BCUT2D eigenvalue weighted by atomic mass is 10.1. The summed E-state index contributed by atoms with van der Waals surface area (Å²) in [6.07, 6.45) is 0.915. The number of para-hydroxylation sites is 1. The van der Waals surface area contributed by atoms with Crippen LogP contribution in [0.15, 0.2) is 29.3 Å². The molecule has 26 heavy (non-hydrogen) atoms. The Morgan fingerprint density at radius 3 is 2.85 bits per heavy atom. The molecule has 0 bridgehead atoms. The molecule has 1 heterocycles. The quantitative estimate of drug-likeness (QED) is 0.352. The van der Waals surface area contributed by atoms with Crippen LogP contribution in [0.1, 0.15) is 27.2 Å². The van der Waals surface area contributed by atoms with Crippen molar-refractivity contribution in [1.82, 2.24) is 10.2 Å². The highest BCUT2D eigenvalue weighted by Crippen LogP contribution is 2.18. The van der Waals surface area contributed by atoms with Gasteiger partial charge in [-0.3, -0.25) is 0 Å². The first-order valence-electron chi connectivity index (χ1n) is 9.16. The van der Waals surface area contributed by atoms with E-state index in [0.29, 0.717) is 12.5 Å². The van der Waals surface area contributed by atoms with Gasteiger partial charge in [0.15, 0.2) is 17.5 Å². The number of hydrogen-bond donors (Lipinski definition) is 1. The minimum Gasteiger partial charge on any atom is -0.486 e. The van der Waals surface area contributed by atoms with Gasteiger partial charge in [0, 0.05) is 32.2 Å². The lowest BCUT2D eigenvalue weighted by Gasteiger charge is -2.22. The standard InChI is InChI=1S/C19H30FN3O2.HI/c1-4-21-19(23-11-10-16(13-23)14-24-5-2)22-12-15(3)25-18-9-7-6-8-17(18)20;/h6-9,15-16H,4-5,10-14H2,1-3H3,(H,21,22);1H. The van der Waals surface area contributed by atoms with Gasteiger partial charge in [0.25, 0.3) is 0 Å². The van der Waals surface area contributed by atoms with Crippen molar-refractivity contribution >= 4 is 29.9 Å². The highest BCUT2D eigenvalue weighted by Gasteiger charge is 2.25. The molecule has 0 aliphatic carbocycles. The number of ether oxygens (including phenoxy) is 2. The van der Waals surface area contributed by atoms with Gasteiger partial charge in [0.2, 0.25) is 0 Å². The molecule has 2 unspecified atom stereocenters. The zero-order chi connectivity index (χ0) is 18.1. The molecule has 2 atom stereocenters. The first-order chi connectivity index (χ1) is 12.1. The molecule has 0 spiro atoms. The summed E-state index contributed by atoms with van der Waals surface area (Å²) in [7, 11) is 0. The summed E-state index contributed by atoms with van der Waals surface area (Å²) in [4.78, 5) is 6.95. The predicted molar refractivity (Wildman–Crippen MR) is 114 cm³/mol. The van der Waals surface area contributed by atoms with Crippen molar-refractivity contribution in [3.8, 4) is 5.75 Å². The van der Waals surface area contributed by atoms with E-state index >= 15 is 0 Å². The Labute approximate surface area is 173 Å². The normalized spacial score (nSPS) is 18.4. The maximum atomic E-state index is 13.7. The van der Waals surface area contributed by atoms with Gasteiger partial charge in [-0.1, -0.05) is 12.1 Å². The van der Waals surface area contributed by atoms with Crippen LogP contribution < -0.4 is 10.1 Å². The number of likely N-dealkylation sites (tertiary alicyclic amines) is 1. The van der Waals surface area contributed by atoms with Crippen molar-refractivity contribution in [2.75, 3.05) is 39.4 Å². The molecule has 1 saturated heterocycles. The van der Waals surface area contributed by atoms with E-state index in [1.54, 1.807) is 18.2 Å². The fraction of sp³-hybridized carbons (Fsp3) is 0.632. The highest BCUT2D eigenvalue weighted by atomic mass is 127. The van der Waals surface area contributed by atoms with Crippen LogP contribution in [0, 0.1) is 11.7 Å². The Balaban J connectivity index is 0.00000338. The van der Waals surface area contributed by atoms with E-state index in [2.05, 4.69) is 22.1 Å². The predicted octanol–water partition coefficient (Wildman–Crippen LogP) is 3.53. The maximum absolute atomic E-state index is 13.7. The molecule has 0 amide bonds. The van der Waals surface area contributed by atoms with Crippen LogP contribution in [0.2, 0.25) is 0 Å². The summed E-state index contributed by atoms with van der Waals surface area (Å²) in [6.45, 7) is 10.8. The van der Waals surface area contributed by atoms with E-state index in [4.69, 9.17) is 9.47 Å². The lowest BCUT2D eigenvalue weighted by molar-refractivity contribution is 0.114. The summed E-state index contributed by atoms with van der Waals surface area (Å²) in [5.74, 6) is 1.37. The topological polar surface area (TPSA) is 46.1 Å². The molecule has 2 rings (SSSR count). The van der Waals surface area contributed by atoms with Crippen LogP contribution in [0.25, 0.3) is 0 Å². The summed E-state index contributed by atoms with van der Waals surface area (Å²) in [6, 6.07) is 6.46. The van der Waals surface area contributed by atoms with Crippen molar-refractivity contribution in [2.24, 2.45) is 10.9 Å². The number of benzene rings is 1. The molecule has 0 saturated carbocycles. The van der Waals surface area contributed by atoms with Gasteiger partial charge in [-0.05, 0) is 39.3 Å². The van der Waals surface area contributed by atoms with Gasteiger partial charge in [-0.15, -0.1) is 24.0 Å². The van der Waals surface area contributed by atoms with Crippen molar-refractivity contribution in [3.05, 3.63) is 30.1 Å². The van der Waals surface area contributed by atoms with E-state index in [1.807, 2.05) is 13.8 Å². The number of hydrogen-bond acceptors (Lipinski definition) is 3. The van der Waals surface area contributed by atoms with Crippen LogP contribution in [-0.2, 0) is 4.74 Å². The van der Waals surface area contributed by atoms with Crippen molar-refractivity contribution < 1.29 is 13.9 Å². The summed E-state index contributed by atoms with van der Waals surface area (Å²) in [5, 5.41) is 3.34. The van der Waals surface area contributed by atoms with Gasteiger partial charge in [-0.2, -0.15) is 0 Å². The Kier molecular flexibility index (Phi) is 10.9. The fourth-order valence-electron chi connectivity index (χ4n) is 2.88. The summed E-state index contributed by atoms with van der Waals surface area (Å²) in [5.41, 5.74) is 0. The fourth-order valence-corrected chi connectivity index (χ4v) is 2.88. The Bertz CT molecular complexity index is 559. The first kappa shape index (κ1) is 23.0. The SMILES string of the molecule is CCNC(=NCC(C)Oc1ccccc1F)N1CCC(COCC)C1.I. The molecule has 1 fully saturated rings. The zero-order valence-corrected chi connectivity index (χ0v) is 18.2. The third-order valence-corrected chi connectivity index (χ3v) is 4.14. The summed E-state index contributed by atoms with van der Waals surface area (Å²) < 4.78 is 24.9. The smallest absolute Gasteiger partial charge is 0.194 e. The second-order valence-electron chi connectivity index (χ2n) is 6.31. The minimum atomic E-state index is -0.344. The maximum Gasteiger partial charge on any atom is 0.194 e. The molecular weight excluding hydrogens is 448 g/mol. The molecular formula is C19H31FIN3O2. The number of aliphatic imine (C=N–C) groups is 1. The zero-order valence-electron chi connectivity index (χ0n) is 15.9. The molecule has 1 aromatic carbocycles. The molecule has 0 aromatic heterocycles. The molecule has 0 radical (unpaired) electrons. The Morgan fingerprint density at radius 1 is 1.38 bits per heavy atom. The van der Waals surface area contributed by atoms with Crippen molar-refractivity contribution in [1.29, 1.82) is 0 Å². The molecule has 1 N–H and O–H groups in total. The average molecular weight is 479 g/mol. The Morgan fingerprint density at radius 2 is 2.15 bits per heavy atom. The average Bonchev–Trinajstić information content (AvgIpc) is 3.07. The monoisotopic (exact) mass is 479 g/mol. The van der Waals surface area contributed by atoms with E-state index in [0.717, 1.165) is 45.2 Å². The third kappa shape index (κ3) is 7.26. The number of nitrogens with one attached hydrogen (secondary N) is 1. The number of nitrogens with zero attached hydrogens (tertiary/aromatic N) is 2. The van der Waals surface area contributed by atoms with Crippen LogP contribution in [0.5, 0.6) is 5.75 Å². The van der Waals surface area contributed by atoms with Crippen LogP contribution in [0.3, 0.4) is 0 Å². The minimum absolute atomic E-state index is 0. The largest absolute Gasteiger partial charge is 0.486 e. The highest BCUT2D eigenvalue weighted by molar-refractivity contribution is 14.0. The molecule has 7 heteroatoms. The first-order valence-corrected chi connectivity index (χ1v) is 9.16. The van der Waals surface area contributed by atoms with Crippen molar-refractivity contribution in [3.63, 3.8) is 0 Å². The lowest BCUT2D eigenvalue weighted by Crippen LogP contribution is -2.41. The molecule has 1 aromatic rings. The van der Waals surface area contributed by atoms with Gasteiger partial charge < -0.3 is 19.7 Å². The van der Waals surface area contributed by atoms with Crippen LogP contribution >= 0.6 is 24.0 Å². The summed E-state index contributed by atoms with van der Waals surface area (Å²) >= 11 is 0. The second-order valence-corrected chi connectivity index (χ2v) is 6.31. The third-order valence-electron chi connectivity index (χ3n) is 4.14. The second kappa shape index (κ2) is 12.3. The van der Waals surface area contributed by atoms with E-state index in [9.17, 15) is 4.39 Å². The van der Waals surface area contributed by atoms with Gasteiger partial charge >= 0.3 is 0 Å². The Hall–Kier alpha value is -1.09. The van der Waals surface area contributed by atoms with E-state index < -0.39 is 0 Å². The number of halogens is 2. The molecule has 148 valence electrons. The van der Waals surface area contributed by atoms with Crippen molar-refractivity contribution in [2.45, 2.75) is 33.3 Å². The van der Waals surface area contributed by atoms with Gasteiger partial charge in [0.05, 0.1) is 13.2 Å². The van der Waals surface area contributed by atoms with Crippen LogP contribution in [0.4, 0.5) is 4.39 Å². The number of guanidine groups is 1.